The van der Waals surface area contributed by atoms with Gasteiger partial charge in [-0.25, -0.2) is 0 Å². The smallest absolute Gasteiger partial charge is 0.100 e. The third-order valence-electron chi connectivity index (χ3n) is 17.7. The summed E-state index contributed by atoms with van der Waals surface area (Å²) in [6, 6.07) is 57.4. The van der Waals surface area contributed by atoms with Gasteiger partial charge in [0.05, 0.1) is 0 Å². The third kappa shape index (κ3) is 6.08. The Kier molecular flexibility index (Phi) is 9.87. The minimum atomic E-state index is 1.26. The molecule has 320 valence electrons. The average molecular weight is 887 g/mol. The van der Waals surface area contributed by atoms with E-state index in [-0.39, 0.29) is 0 Å². The van der Waals surface area contributed by atoms with Crippen LogP contribution >= 0.6 is 0 Å². The molecule has 13 rings (SSSR count). The molecule has 0 saturated carbocycles. The average Bonchev–Trinajstić information content (AvgIpc) is 3.38. The lowest BCUT2D eigenvalue weighted by molar-refractivity contribution is 1.70. The lowest BCUT2D eigenvalue weighted by Gasteiger charge is -2.32. The molecule has 0 amide bonds. The molecule has 11 heteroatoms. The van der Waals surface area contributed by atoms with Crippen molar-refractivity contribution >= 4 is 222 Å². The van der Waals surface area contributed by atoms with Crippen LogP contribution in [0.1, 0.15) is 0 Å². The summed E-state index contributed by atoms with van der Waals surface area (Å²) in [5.41, 5.74) is 28.2. The van der Waals surface area contributed by atoms with Crippen LogP contribution in [0.2, 0.25) is 0 Å². The van der Waals surface area contributed by atoms with Gasteiger partial charge in [0, 0.05) is 0 Å². The van der Waals surface area contributed by atoms with Gasteiger partial charge in [0.15, 0.2) is 0 Å². The fourth-order valence-electron chi connectivity index (χ4n) is 14.0. The number of fused-ring (bicyclic) bond motifs is 1. The van der Waals surface area contributed by atoms with E-state index in [1.165, 1.54) is 191 Å². The molecular weight excluding hydrogens is 840 g/mol. The molecule has 13 aromatic rings. The lowest BCUT2D eigenvalue weighted by atomic mass is 9.56. The van der Waals surface area contributed by atoms with Crippen molar-refractivity contribution in [3.05, 3.63) is 152 Å². The zero-order valence-corrected chi connectivity index (χ0v) is 42.9. The van der Waals surface area contributed by atoms with E-state index in [4.69, 9.17) is 0 Å². The zero-order chi connectivity index (χ0) is 48.9. The van der Waals surface area contributed by atoms with E-state index in [9.17, 15) is 0 Å². The van der Waals surface area contributed by atoms with Crippen molar-refractivity contribution < 1.29 is 0 Å². The zero-order valence-electron chi connectivity index (χ0n) is 42.9. The quantitative estimate of drug-likeness (QED) is 0.137. The molecule has 0 unspecified atom stereocenters. The Labute approximate surface area is 426 Å². The Balaban J connectivity index is 1.15. The summed E-state index contributed by atoms with van der Waals surface area (Å²) < 4.78 is 0. The Morgan fingerprint density at radius 2 is 0.451 bits per heavy atom. The number of hydrogen-bond donors (Lipinski definition) is 0. The SMILES string of the molecule is Bc1c(B)c(-c2c(B)c(-c3c(B)c(B)c(B)c(-c4ccc5ccc6cccc7ccc4c5c67)c3B)c(B)c(-c3cccc4ccccc34)c2B)c(B)c(-c2ccc3ccc4cccc5ccc2c3c45)c1B. The van der Waals surface area contributed by atoms with Crippen molar-refractivity contribution in [1.29, 1.82) is 0 Å². The van der Waals surface area contributed by atoms with Crippen LogP contribution in [0, 0.1) is 0 Å². The van der Waals surface area contributed by atoms with Crippen molar-refractivity contribution in [2.45, 2.75) is 0 Å². The molecule has 0 nitrogen and oxygen atoms in total. The molecule has 0 radical (unpaired) electrons. The molecule has 0 fully saturated rings. The minimum absolute atomic E-state index is 1.26. The number of hydrogen-bond acceptors (Lipinski definition) is 0. The lowest BCUT2D eigenvalue weighted by Crippen LogP contribution is -2.49. The summed E-state index contributed by atoms with van der Waals surface area (Å²) in [4.78, 5) is 0. The van der Waals surface area contributed by atoms with Crippen LogP contribution in [0.15, 0.2) is 152 Å². The van der Waals surface area contributed by atoms with Crippen LogP contribution in [0.25, 0.3) is 131 Å². The van der Waals surface area contributed by atoms with Gasteiger partial charge in [-0.15, -0.1) is 10.9 Å². The van der Waals surface area contributed by atoms with Crippen molar-refractivity contribution in [1.82, 2.24) is 0 Å². The maximum Gasteiger partial charge on any atom is 0.140 e. The molecule has 0 aliphatic carbocycles. The summed E-state index contributed by atoms with van der Waals surface area (Å²) in [5.74, 6) is 0. The summed E-state index contributed by atoms with van der Waals surface area (Å²) in [6.07, 6.45) is 0. The van der Waals surface area contributed by atoms with Crippen LogP contribution in [0.5, 0.6) is 0 Å². The number of benzene rings is 13. The van der Waals surface area contributed by atoms with Gasteiger partial charge < -0.3 is 0 Å². The fourth-order valence-corrected chi connectivity index (χ4v) is 14.0. The molecule has 0 aromatic heterocycles. The summed E-state index contributed by atoms with van der Waals surface area (Å²) in [6.45, 7) is 0. The molecule has 13 aromatic carbocycles. The van der Waals surface area contributed by atoms with Crippen LogP contribution in [-0.2, 0) is 0 Å². The van der Waals surface area contributed by atoms with E-state index >= 15 is 0 Å². The van der Waals surface area contributed by atoms with E-state index in [1.807, 2.05) is 0 Å². The first-order valence-electron chi connectivity index (χ1n) is 25.5. The van der Waals surface area contributed by atoms with Crippen LogP contribution in [-0.4, -0.2) is 86.3 Å². The van der Waals surface area contributed by atoms with Gasteiger partial charge in [-0.05, 0) is 131 Å². The van der Waals surface area contributed by atoms with Gasteiger partial charge >= 0.3 is 0 Å². The van der Waals surface area contributed by atoms with Crippen molar-refractivity contribution in [3.63, 3.8) is 0 Å². The molecule has 0 heterocycles. The van der Waals surface area contributed by atoms with Crippen molar-refractivity contribution in [2.75, 3.05) is 0 Å². The van der Waals surface area contributed by atoms with E-state index < -0.39 is 0 Å². The predicted octanol–water partition coefficient (Wildman–Crippen LogP) is -2.19. The molecule has 0 saturated heterocycles. The maximum atomic E-state index is 2.44. The second-order valence-electron chi connectivity index (χ2n) is 21.0. The standard InChI is InChI=1S/C60H47B11/c61-50-43(34-13-5-7-26-6-1-2-12-33(26)34)51(62)47(49-53(64)45(56(67)60(71)58(49)69)38-25-21-32-17-15-28-9-4-11-30-19-23-36(38)42(32)40(28)30)54(65)46(50)48-52(63)44(55(66)59(70)57(48)68)37-24-20-31-16-14-27-8-3-10-29-18-22-35(37)41(31)39(27)29/h1-25H,61-71H2. The van der Waals surface area contributed by atoms with Crippen LogP contribution in [0.4, 0.5) is 0 Å². The van der Waals surface area contributed by atoms with Gasteiger partial charge in [-0.3, -0.25) is 0 Å². The van der Waals surface area contributed by atoms with Crippen molar-refractivity contribution in [3.8, 4) is 55.6 Å². The van der Waals surface area contributed by atoms with Gasteiger partial charge in [0.1, 0.15) is 86.3 Å². The Bertz CT molecular complexity index is 4200. The normalized spacial score (nSPS) is 12.0. The van der Waals surface area contributed by atoms with E-state index in [1.54, 1.807) is 0 Å². The van der Waals surface area contributed by atoms with Crippen LogP contribution in [0.3, 0.4) is 0 Å². The van der Waals surface area contributed by atoms with Crippen molar-refractivity contribution in [2.24, 2.45) is 0 Å². The fraction of sp³-hybridized carbons (Fsp3) is 0. The van der Waals surface area contributed by atoms with E-state index in [2.05, 4.69) is 238 Å². The highest BCUT2D eigenvalue weighted by atomic mass is 14.3. The molecule has 71 heavy (non-hydrogen) atoms. The largest absolute Gasteiger partial charge is 0.140 e. The second kappa shape index (κ2) is 16.0. The first kappa shape index (κ1) is 43.9. The highest BCUT2D eigenvalue weighted by Gasteiger charge is 2.29. The van der Waals surface area contributed by atoms with Crippen LogP contribution < -0.4 is 60.1 Å². The number of rotatable bonds is 5. The summed E-state index contributed by atoms with van der Waals surface area (Å²) in [5, 5.41) is 18.4. The summed E-state index contributed by atoms with van der Waals surface area (Å²) in [7, 11) is 26.3. The van der Waals surface area contributed by atoms with Gasteiger partial charge in [-0.1, -0.05) is 201 Å². The van der Waals surface area contributed by atoms with E-state index in [0.717, 1.165) is 0 Å². The topological polar surface area (TPSA) is 0 Å². The van der Waals surface area contributed by atoms with Gasteiger partial charge in [0.25, 0.3) is 0 Å². The molecule has 0 spiro atoms. The minimum Gasteiger partial charge on any atom is -0.100 e. The van der Waals surface area contributed by atoms with E-state index in [0.29, 0.717) is 0 Å². The Morgan fingerprint density at radius 3 is 0.901 bits per heavy atom. The molecular formula is C60H47B11. The van der Waals surface area contributed by atoms with Gasteiger partial charge in [-0.2, -0.15) is 0 Å². The summed E-state index contributed by atoms with van der Waals surface area (Å²) >= 11 is 0. The highest BCUT2D eigenvalue weighted by molar-refractivity contribution is 6.68. The molecule has 0 atom stereocenters. The monoisotopic (exact) mass is 888 g/mol. The molecule has 0 N–H and O–H groups in total. The first-order valence-corrected chi connectivity index (χ1v) is 25.5. The maximum absolute atomic E-state index is 2.44. The molecule has 0 aliphatic rings. The Hall–Kier alpha value is -7.09. The third-order valence-corrected chi connectivity index (χ3v) is 17.7. The molecule has 0 bridgehead atoms. The second-order valence-corrected chi connectivity index (χ2v) is 21.0. The highest BCUT2D eigenvalue weighted by Crippen LogP contribution is 2.41. The first-order chi connectivity index (χ1) is 34.3. The van der Waals surface area contributed by atoms with Gasteiger partial charge in [0.2, 0.25) is 0 Å². The molecule has 0 aliphatic heterocycles. The predicted molar refractivity (Wildman–Crippen MR) is 348 cm³/mol. The Morgan fingerprint density at radius 1 is 0.169 bits per heavy atom.